The van der Waals surface area contributed by atoms with E-state index < -0.39 is 0 Å². The van der Waals surface area contributed by atoms with E-state index in [-0.39, 0.29) is 17.2 Å². The summed E-state index contributed by atoms with van der Waals surface area (Å²) in [5.74, 6) is 0. The first-order valence-electron chi connectivity index (χ1n) is 6.24. The molecule has 0 aliphatic heterocycles. The lowest BCUT2D eigenvalue weighted by Gasteiger charge is -2.07. The van der Waals surface area contributed by atoms with Crippen LogP contribution in [-0.2, 0) is 0 Å². The van der Waals surface area contributed by atoms with Gasteiger partial charge in [0.25, 0.3) is 5.69 Å². The first kappa shape index (κ1) is 14.4. The van der Waals surface area contributed by atoms with Crippen molar-refractivity contribution in [3.8, 4) is 0 Å². The molecule has 0 amide bonds. The van der Waals surface area contributed by atoms with Crippen LogP contribution in [0.4, 0.5) is 5.69 Å². The minimum atomic E-state index is -0.375. The first-order chi connectivity index (χ1) is 8.70. The fraction of sp³-hybridized carbons (Fsp3) is 0.429. The quantitative estimate of drug-likeness (QED) is 0.456. The molecule has 1 aromatic rings. The highest BCUT2D eigenvalue weighted by atomic mass is 16.6. The van der Waals surface area contributed by atoms with Gasteiger partial charge in [0.05, 0.1) is 10.5 Å². The van der Waals surface area contributed by atoms with Crippen molar-refractivity contribution in [1.82, 2.24) is 0 Å². The third kappa shape index (κ3) is 3.96. The lowest BCUT2D eigenvalue weighted by Crippen LogP contribution is -1.96. The Bertz CT molecular complexity index is 427. The zero-order valence-electron chi connectivity index (χ0n) is 10.6. The van der Waals surface area contributed by atoms with Crippen LogP contribution in [0, 0.1) is 10.1 Å². The van der Waals surface area contributed by atoms with Crippen LogP contribution in [0.3, 0.4) is 0 Å². The highest BCUT2D eigenvalue weighted by molar-refractivity contribution is 5.72. The van der Waals surface area contributed by atoms with Crippen LogP contribution in [0.1, 0.15) is 38.2 Å². The molecule has 0 saturated heterocycles. The van der Waals surface area contributed by atoms with Gasteiger partial charge < -0.3 is 5.11 Å². The summed E-state index contributed by atoms with van der Waals surface area (Å²) in [7, 11) is 0. The Morgan fingerprint density at radius 2 is 2.17 bits per heavy atom. The Labute approximate surface area is 107 Å². The number of hydrogen-bond acceptors (Lipinski definition) is 3. The van der Waals surface area contributed by atoms with E-state index >= 15 is 0 Å². The molecule has 0 heterocycles. The Morgan fingerprint density at radius 1 is 1.44 bits per heavy atom. The van der Waals surface area contributed by atoms with E-state index in [4.69, 9.17) is 5.11 Å². The molecule has 0 aromatic heterocycles. The summed E-state index contributed by atoms with van der Waals surface area (Å²) in [6.07, 6.45) is 5.48. The number of hydrogen-bond donors (Lipinski definition) is 1. The zero-order chi connectivity index (χ0) is 13.4. The fourth-order valence-electron chi connectivity index (χ4n) is 1.85. The van der Waals surface area contributed by atoms with Crippen LogP contribution in [0.2, 0.25) is 0 Å². The highest BCUT2D eigenvalue weighted by Crippen LogP contribution is 2.28. The molecule has 1 N–H and O–H groups in total. The van der Waals surface area contributed by atoms with Gasteiger partial charge in [0.15, 0.2) is 0 Å². The van der Waals surface area contributed by atoms with Crippen LogP contribution in [0.25, 0.3) is 5.57 Å². The van der Waals surface area contributed by atoms with Gasteiger partial charge >= 0.3 is 0 Å². The first-order valence-corrected chi connectivity index (χ1v) is 6.24. The van der Waals surface area contributed by atoms with E-state index in [1.807, 2.05) is 6.08 Å². The molecule has 4 heteroatoms. The minimum Gasteiger partial charge on any atom is -0.396 e. The summed E-state index contributed by atoms with van der Waals surface area (Å²) in [5, 5.41) is 20.0. The lowest BCUT2D eigenvalue weighted by atomic mass is 9.99. The van der Waals surface area contributed by atoms with Crippen LogP contribution in [0.5, 0.6) is 0 Å². The second-order valence-electron chi connectivity index (χ2n) is 4.12. The van der Waals surface area contributed by atoms with Gasteiger partial charge in [-0.05, 0) is 24.5 Å². The highest BCUT2D eigenvalue weighted by Gasteiger charge is 2.15. The van der Waals surface area contributed by atoms with Crippen molar-refractivity contribution in [2.75, 3.05) is 6.61 Å². The van der Waals surface area contributed by atoms with Crippen LogP contribution < -0.4 is 0 Å². The SMILES string of the molecule is CCCC/C=C(/CCO)c1ccccc1[N+](=O)[O-]. The number of nitro benzene ring substituents is 1. The molecule has 1 rings (SSSR count). The molecule has 0 fully saturated rings. The fourth-order valence-corrected chi connectivity index (χ4v) is 1.85. The summed E-state index contributed by atoms with van der Waals surface area (Å²) in [4.78, 5) is 10.6. The van der Waals surface area contributed by atoms with E-state index in [0.29, 0.717) is 12.0 Å². The molecule has 0 saturated carbocycles. The van der Waals surface area contributed by atoms with Crippen LogP contribution in [-0.4, -0.2) is 16.6 Å². The van der Waals surface area contributed by atoms with Crippen molar-refractivity contribution in [2.24, 2.45) is 0 Å². The summed E-state index contributed by atoms with van der Waals surface area (Å²) < 4.78 is 0. The Morgan fingerprint density at radius 3 is 2.78 bits per heavy atom. The average molecular weight is 249 g/mol. The third-order valence-corrected chi connectivity index (χ3v) is 2.78. The van der Waals surface area contributed by atoms with E-state index in [9.17, 15) is 10.1 Å². The molecular formula is C14H19NO3. The molecule has 0 atom stereocenters. The Balaban J connectivity index is 3.05. The van der Waals surface area contributed by atoms with Crippen molar-refractivity contribution in [3.05, 3.63) is 46.0 Å². The number of aliphatic hydroxyl groups is 1. The molecule has 1 aromatic carbocycles. The monoisotopic (exact) mass is 249 g/mol. The van der Waals surface area contributed by atoms with E-state index in [2.05, 4.69) is 6.92 Å². The van der Waals surface area contributed by atoms with E-state index in [0.717, 1.165) is 24.8 Å². The van der Waals surface area contributed by atoms with Crippen LogP contribution >= 0.6 is 0 Å². The van der Waals surface area contributed by atoms with Gasteiger partial charge in [-0.25, -0.2) is 0 Å². The van der Waals surface area contributed by atoms with Crippen molar-refractivity contribution in [3.63, 3.8) is 0 Å². The predicted octanol–water partition coefficient (Wildman–Crippen LogP) is 3.55. The van der Waals surface area contributed by atoms with Crippen molar-refractivity contribution in [1.29, 1.82) is 0 Å². The third-order valence-electron chi connectivity index (χ3n) is 2.78. The number of aliphatic hydroxyl groups excluding tert-OH is 1. The second kappa shape index (κ2) is 7.61. The maximum absolute atomic E-state index is 11.0. The normalized spacial score (nSPS) is 11.6. The van der Waals surface area contributed by atoms with Crippen molar-refractivity contribution < 1.29 is 10.0 Å². The van der Waals surface area contributed by atoms with Crippen LogP contribution in [0.15, 0.2) is 30.3 Å². The largest absolute Gasteiger partial charge is 0.396 e. The topological polar surface area (TPSA) is 63.4 Å². The average Bonchev–Trinajstić information content (AvgIpc) is 2.38. The maximum Gasteiger partial charge on any atom is 0.276 e. The number of unbranched alkanes of at least 4 members (excludes halogenated alkanes) is 2. The molecule has 18 heavy (non-hydrogen) atoms. The summed E-state index contributed by atoms with van der Waals surface area (Å²) >= 11 is 0. The maximum atomic E-state index is 11.0. The van der Waals surface area contributed by atoms with Gasteiger partial charge in [-0.3, -0.25) is 10.1 Å². The second-order valence-corrected chi connectivity index (χ2v) is 4.12. The lowest BCUT2D eigenvalue weighted by molar-refractivity contribution is -0.385. The Hall–Kier alpha value is -1.68. The zero-order valence-corrected chi connectivity index (χ0v) is 10.6. The van der Waals surface area contributed by atoms with Gasteiger partial charge in [0, 0.05) is 12.7 Å². The van der Waals surface area contributed by atoms with Gasteiger partial charge in [-0.15, -0.1) is 0 Å². The minimum absolute atomic E-state index is 0.00398. The van der Waals surface area contributed by atoms with Gasteiger partial charge in [0.2, 0.25) is 0 Å². The number of benzene rings is 1. The Kier molecular flexibility index (Phi) is 6.08. The predicted molar refractivity (Wildman–Crippen MR) is 72.3 cm³/mol. The van der Waals surface area contributed by atoms with Gasteiger partial charge in [-0.2, -0.15) is 0 Å². The van der Waals surface area contributed by atoms with E-state index in [1.54, 1.807) is 18.2 Å². The molecule has 4 nitrogen and oxygen atoms in total. The summed E-state index contributed by atoms with van der Waals surface area (Å²) in [6.45, 7) is 2.11. The molecule has 0 aliphatic carbocycles. The molecule has 0 radical (unpaired) electrons. The smallest absolute Gasteiger partial charge is 0.276 e. The summed E-state index contributed by atoms with van der Waals surface area (Å²) in [6, 6.07) is 6.68. The number of para-hydroxylation sites is 1. The molecule has 0 aliphatic rings. The molecular weight excluding hydrogens is 230 g/mol. The van der Waals surface area contributed by atoms with Crippen molar-refractivity contribution >= 4 is 11.3 Å². The molecule has 0 bridgehead atoms. The number of nitrogens with zero attached hydrogens (tertiary/aromatic N) is 1. The number of nitro groups is 1. The standard InChI is InChI=1S/C14H19NO3/c1-2-3-4-7-12(10-11-16)13-8-5-6-9-14(13)15(17)18/h5-9,16H,2-4,10-11H2,1H3/b12-7-. The van der Waals surface area contributed by atoms with Gasteiger partial charge in [0.1, 0.15) is 0 Å². The molecule has 98 valence electrons. The van der Waals surface area contributed by atoms with Crippen molar-refractivity contribution in [2.45, 2.75) is 32.6 Å². The van der Waals surface area contributed by atoms with E-state index in [1.165, 1.54) is 6.07 Å². The number of rotatable bonds is 7. The van der Waals surface area contributed by atoms with Gasteiger partial charge in [-0.1, -0.05) is 38.0 Å². The summed E-state index contributed by atoms with van der Waals surface area (Å²) in [5.41, 5.74) is 1.58. The number of allylic oxidation sites excluding steroid dienone is 1. The molecule has 0 spiro atoms. The molecule has 0 unspecified atom stereocenters.